The summed E-state index contributed by atoms with van der Waals surface area (Å²) in [7, 11) is 0. The van der Waals surface area contributed by atoms with E-state index in [2.05, 4.69) is 26.0 Å². The molecule has 3 heteroatoms. The van der Waals surface area contributed by atoms with E-state index in [1.54, 1.807) is 0 Å². The van der Waals surface area contributed by atoms with Crippen LogP contribution in [0.4, 0.5) is 5.69 Å². The molecule has 0 aromatic heterocycles. The zero-order valence-corrected chi connectivity index (χ0v) is 19.8. The molecule has 1 unspecified atom stereocenters. The molecule has 31 heavy (non-hydrogen) atoms. The fraction of sp³-hybridized carbons (Fsp3) is 0.643. The van der Waals surface area contributed by atoms with Crippen LogP contribution >= 0.6 is 0 Å². The van der Waals surface area contributed by atoms with E-state index in [1.165, 1.54) is 74.7 Å². The second-order valence-electron chi connectivity index (χ2n) is 9.41. The number of benzene rings is 1. The minimum Gasteiger partial charge on any atom is -0.269 e. The maximum Gasteiger partial charge on any atom is 0.262 e. The Kier molecular flexibility index (Phi) is 9.36. The molecule has 0 fully saturated rings. The Bertz CT molecular complexity index is 762. The molecule has 3 nitrogen and oxygen atoms in total. The molecule has 0 N–H and O–H groups in total. The van der Waals surface area contributed by atoms with E-state index in [4.69, 9.17) is 0 Å². The Morgan fingerprint density at radius 3 is 1.84 bits per heavy atom. The summed E-state index contributed by atoms with van der Waals surface area (Å²) in [5, 5.41) is 0. The van der Waals surface area contributed by atoms with Crippen LogP contribution in [-0.4, -0.2) is 11.8 Å². The van der Waals surface area contributed by atoms with E-state index in [0.29, 0.717) is 0 Å². The monoisotopic (exact) mass is 423 g/mol. The zero-order chi connectivity index (χ0) is 22.1. The normalized spacial score (nSPS) is 17.6. The van der Waals surface area contributed by atoms with E-state index >= 15 is 0 Å². The highest BCUT2D eigenvalue weighted by Crippen LogP contribution is 2.43. The minimum absolute atomic E-state index is 0.0554. The summed E-state index contributed by atoms with van der Waals surface area (Å²) < 4.78 is 0. The van der Waals surface area contributed by atoms with Crippen molar-refractivity contribution < 1.29 is 9.59 Å². The van der Waals surface area contributed by atoms with E-state index in [9.17, 15) is 9.59 Å². The van der Waals surface area contributed by atoms with Crippen molar-refractivity contribution in [3.8, 4) is 0 Å². The topological polar surface area (TPSA) is 37.4 Å². The van der Waals surface area contributed by atoms with Crippen LogP contribution < -0.4 is 4.90 Å². The molecule has 170 valence electrons. The zero-order valence-electron chi connectivity index (χ0n) is 19.8. The minimum atomic E-state index is -0.0635. The van der Waals surface area contributed by atoms with Crippen LogP contribution in [0.2, 0.25) is 0 Å². The van der Waals surface area contributed by atoms with Gasteiger partial charge in [0.1, 0.15) is 0 Å². The number of nitrogens with zero attached hydrogens (tertiary/aromatic N) is 1. The summed E-state index contributed by atoms with van der Waals surface area (Å²) in [5.74, 6) is -0.0481. The number of unbranched alkanes of at least 4 members (excludes halogenated alkanes) is 11. The third-order valence-corrected chi connectivity index (χ3v) is 7.00. The molecule has 3 heterocycles. The number of imide groups is 1. The standard InChI is InChI=1S/C28H41NO2/c1-3-5-7-9-11-13-15-17-25-26-24(16-14-12-10-8-6-4-2)22-18-20-23(21-19-22)29(27(25)30)28(26)31/h18-21,24H,3-17H2,1-2H3. The third kappa shape index (κ3) is 5.87. The van der Waals surface area contributed by atoms with Crippen molar-refractivity contribution in [1.82, 2.24) is 0 Å². The number of amides is 2. The van der Waals surface area contributed by atoms with Crippen LogP contribution in [0.25, 0.3) is 0 Å². The smallest absolute Gasteiger partial charge is 0.262 e. The van der Waals surface area contributed by atoms with Gasteiger partial charge in [0.2, 0.25) is 0 Å². The first-order chi connectivity index (χ1) is 15.2. The lowest BCUT2D eigenvalue weighted by Gasteiger charge is -2.24. The summed E-state index contributed by atoms with van der Waals surface area (Å²) in [6.07, 6.45) is 17.7. The highest BCUT2D eigenvalue weighted by atomic mass is 16.2. The first kappa shape index (κ1) is 23.8. The first-order valence-corrected chi connectivity index (χ1v) is 12.9. The Labute approximate surface area is 189 Å². The highest BCUT2D eigenvalue weighted by Gasteiger charge is 2.43. The lowest BCUT2D eigenvalue weighted by molar-refractivity contribution is -0.120. The van der Waals surface area contributed by atoms with Crippen molar-refractivity contribution in [2.24, 2.45) is 0 Å². The summed E-state index contributed by atoms with van der Waals surface area (Å²) in [5.41, 5.74) is 3.54. The maximum atomic E-state index is 13.3. The lowest BCUT2D eigenvalue weighted by atomic mass is 9.83. The van der Waals surface area contributed by atoms with Crippen LogP contribution in [0.5, 0.6) is 0 Å². The predicted octanol–water partition coefficient (Wildman–Crippen LogP) is 7.84. The fourth-order valence-corrected chi connectivity index (χ4v) is 5.15. The maximum absolute atomic E-state index is 13.3. The molecule has 4 rings (SSSR count). The van der Waals surface area contributed by atoms with Gasteiger partial charge >= 0.3 is 0 Å². The van der Waals surface area contributed by atoms with Gasteiger partial charge in [0.05, 0.1) is 5.69 Å². The van der Waals surface area contributed by atoms with Crippen molar-refractivity contribution in [1.29, 1.82) is 0 Å². The molecule has 3 aliphatic rings. The van der Waals surface area contributed by atoms with Crippen LogP contribution in [0.1, 0.15) is 122 Å². The summed E-state index contributed by atoms with van der Waals surface area (Å²) in [4.78, 5) is 28.0. The molecule has 0 spiro atoms. The molecule has 2 amide bonds. The van der Waals surface area contributed by atoms with Crippen molar-refractivity contribution in [2.45, 2.75) is 116 Å². The Morgan fingerprint density at radius 1 is 0.677 bits per heavy atom. The molecule has 0 radical (unpaired) electrons. The van der Waals surface area contributed by atoms with Gasteiger partial charge in [-0.25, -0.2) is 4.90 Å². The van der Waals surface area contributed by atoms with Gasteiger partial charge in [-0.1, -0.05) is 103 Å². The molecule has 0 saturated heterocycles. The van der Waals surface area contributed by atoms with Crippen LogP contribution in [0.3, 0.4) is 0 Å². The van der Waals surface area contributed by atoms with Gasteiger partial charge in [0.15, 0.2) is 0 Å². The fourth-order valence-electron chi connectivity index (χ4n) is 5.15. The Hall–Kier alpha value is -1.90. The van der Waals surface area contributed by atoms with Gasteiger partial charge < -0.3 is 0 Å². The molecule has 4 bridgehead atoms. The second-order valence-corrected chi connectivity index (χ2v) is 9.41. The number of anilines is 1. The molecule has 0 saturated carbocycles. The average Bonchev–Trinajstić information content (AvgIpc) is 3.05. The molecule has 1 atom stereocenters. The number of hydrogen-bond acceptors (Lipinski definition) is 2. The van der Waals surface area contributed by atoms with Gasteiger partial charge in [0.25, 0.3) is 11.8 Å². The average molecular weight is 424 g/mol. The van der Waals surface area contributed by atoms with Gasteiger partial charge in [-0.05, 0) is 37.0 Å². The van der Waals surface area contributed by atoms with Crippen LogP contribution in [-0.2, 0) is 9.59 Å². The quantitative estimate of drug-likeness (QED) is 0.213. The molecular weight excluding hydrogens is 382 g/mol. The number of rotatable bonds is 15. The van der Waals surface area contributed by atoms with E-state index < -0.39 is 0 Å². The number of hydrogen-bond donors (Lipinski definition) is 0. The van der Waals surface area contributed by atoms with Crippen molar-refractivity contribution in [2.75, 3.05) is 4.90 Å². The van der Waals surface area contributed by atoms with Crippen LogP contribution in [0, 0.1) is 0 Å². The molecular formula is C28H41NO2. The van der Waals surface area contributed by atoms with Crippen molar-refractivity contribution >= 4 is 17.5 Å². The summed E-state index contributed by atoms with van der Waals surface area (Å²) in [6, 6.07) is 8.15. The third-order valence-electron chi connectivity index (χ3n) is 7.00. The lowest BCUT2D eigenvalue weighted by Crippen LogP contribution is -2.33. The predicted molar refractivity (Wildman–Crippen MR) is 129 cm³/mol. The molecule has 0 aliphatic carbocycles. The number of carbonyl (C=O) groups excluding carboxylic acids is 2. The van der Waals surface area contributed by atoms with Crippen molar-refractivity contribution in [3.63, 3.8) is 0 Å². The van der Waals surface area contributed by atoms with Gasteiger partial charge in [-0.3, -0.25) is 9.59 Å². The van der Waals surface area contributed by atoms with Gasteiger partial charge in [-0.2, -0.15) is 0 Å². The first-order valence-electron chi connectivity index (χ1n) is 12.9. The number of carbonyl (C=O) groups is 2. The summed E-state index contributed by atoms with van der Waals surface area (Å²) in [6.45, 7) is 4.48. The van der Waals surface area contributed by atoms with Crippen molar-refractivity contribution in [3.05, 3.63) is 41.0 Å². The van der Waals surface area contributed by atoms with E-state index in [-0.39, 0.29) is 17.7 Å². The van der Waals surface area contributed by atoms with Gasteiger partial charge in [-0.15, -0.1) is 0 Å². The largest absolute Gasteiger partial charge is 0.269 e. The Balaban J connectivity index is 1.68. The summed E-state index contributed by atoms with van der Waals surface area (Å²) >= 11 is 0. The Morgan fingerprint density at radius 2 is 1.23 bits per heavy atom. The second kappa shape index (κ2) is 12.2. The van der Waals surface area contributed by atoms with E-state index in [0.717, 1.165) is 48.9 Å². The number of fused-ring (bicyclic) bond motifs is 2. The van der Waals surface area contributed by atoms with E-state index in [1.807, 2.05) is 12.1 Å². The van der Waals surface area contributed by atoms with Gasteiger partial charge in [0, 0.05) is 17.1 Å². The van der Waals surface area contributed by atoms with Crippen LogP contribution in [0.15, 0.2) is 35.4 Å². The molecule has 1 aromatic carbocycles. The molecule has 3 aliphatic heterocycles. The highest BCUT2D eigenvalue weighted by molar-refractivity contribution is 6.33. The molecule has 1 aromatic rings. The SMILES string of the molecule is CCCCCCCCCC1=C2C(=O)N(C1=O)c1ccc(cc1)C2CCCCCCCC.